The molecule has 10 nitrogen and oxygen atoms in total. The molecule has 3 N–H and O–H groups in total. The minimum Gasteiger partial charge on any atom is -0.462 e. The molecule has 3 rings (SSSR count). The third-order valence-corrected chi connectivity index (χ3v) is 3.69. The second-order valence-corrected chi connectivity index (χ2v) is 5.19. The summed E-state index contributed by atoms with van der Waals surface area (Å²) in [6.07, 6.45) is 1.03. The van der Waals surface area contributed by atoms with Crippen molar-refractivity contribution in [1.82, 2.24) is 19.5 Å². The number of nitrogen functional groups attached to an aromatic ring is 1. The Bertz CT molecular complexity index is 799. The first-order valence-electron chi connectivity index (χ1n) is 6.80. The van der Waals surface area contributed by atoms with E-state index in [1.165, 1.54) is 19.6 Å². The van der Waals surface area contributed by atoms with Crippen molar-refractivity contribution in [2.24, 2.45) is 0 Å². The highest BCUT2D eigenvalue weighted by Gasteiger charge is 2.50. The number of nitriles is 1. The average molecular weight is 318 g/mol. The summed E-state index contributed by atoms with van der Waals surface area (Å²) in [5.74, 6) is -0.341. The number of nitrogens with zero attached hydrogens (tertiary/aromatic N) is 5. The molecule has 1 saturated heterocycles. The molecule has 0 unspecified atom stereocenters. The van der Waals surface area contributed by atoms with Gasteiger partial charge in [0.25, 0.3) is 0 Å². The van der Waals surface area contributed by atoms with Gasteiger partial charge < -0.3 is 20.3 Å². The van der Waals surface area contributed by atoms with Crippen LogP contribution in [0.25, 0.3) is 11.2 Å². The van der Waals surface area contributed by atoms with Crippen LogP contribution in [0.3, 0.4) is 0 Å². The maximum atomic E-state index is 11.0. The lowest BCUT2D eigenvalue weighted by Crippen LogP contribution is -2.43. The highest BCUT2D eigenvalue weighted by molar-refractivity contribution is 5.81. The molecule has 0 saturated carbocycles. The van der Waals surface area contributed by atoms with Crippen LogP contribution in [0.15, 0.2) is 12.7 Å². The van der Waals surface area contributed by atoms with Crippen LogP contribution in [0.2, 0.25) is 0 Å². The Labute approximate surface area is 130 Å². The second-order valence-electron chi connectivity index (χ2n) is 5.19. The van der Waals surface area contributed by atoms with Crippen molar-refractivity contribution in [2.75, 3.05) is 12.3 Å². The van der Waals surface area contributed by atoms with Crippen molar-refractivity contribution in [1.29, 1.82) is 5.26 Å². The molecule has 0 bridgehead atoms. The van der Waals surface area contributed by atoms with E-state index in [1.54, 1.807) is 4.57 Å². The summed E-state index contributed by atoms with van der Waals surface area (Å²) >= 11 is 0. The molecule has 1 aliphatic rings. The van der Waals surface area contributed by atoms with Gasteiger partial charge in [-0.1, -0.05) is 0 Å². The Morgan fingerprint density at radius 3 is 3.13 bits per heavy atom. The van der Waals surface area contributed by atoms with E-state index < -0.39 is 23.9 Å². The maximum absolute atomic E-state index is 11.0. The van der Waals surface area contributed by atoms with Gasteiger partial charge in [0.15, 0.2) is 11.5 Å². The van der Waals surface area contributed by atoms with Gasteiger partial charge in [0.1, 0.15) is 36.9 Å². The third-order valence-electron chi connectivity index (χ3n) is 3.69. The van der Waals surface area contributed by atoms with Gasteiger partial charge >= 0.3 is 5.97 Å². The predicted molar refractivity (Wildman–Crippen MR) is 75.5 cm³/mol. The number of nitrogens with two attached hydrogens (primary N) is 1. The predicted octanol–water partition coefficient (Wildman–Crippen LogP) is -0.486. The van der Waals surface area contributed by atoms with Gasteiger partial charge in [-0.05, 0) is 0 Å². The number of fused-ring (bicyclic) bond motifs is 1. The fourth-order valence-electron chi connectivity index (χ4n) is 2.47. The quantitative estimate of drug-likeness (QED) is 0.715. The van der Waals surface area contributed by atoms with Crippen molar-refractivity contribution in [3.8, 4) is 6.07 Å². The van der Waals surface area contributed by atoms with Crippen molar-refractivity contribution < 1.29 is 19.4 Å². The Morgan fingerprint density at radius 1 is 1.65 bits per heavy atom. The van der Waals surface area contributed by atoms with E-state index in [0.29, 0.717) is 11.2 Å². The molecule has 0 amide bonds. The molecular weight excluding hydrogens is 304 g/mol. The number of esters is 1. The summed E-state index contributed by atoms with van der Waals surface area (Å²) in [5.41, 5.74) is 4.93. The first-order chi connectivity index (χ1) is 11.0. The number of hydrogen-bond acceptors (Lipinski definition) is 9. The molecule has 0 aliphatic carbocycles. The summed E-state index contributed by atoms with van der Waals surface area (Å²) in [6.45, 7) is 0.854. The second kappa shape index (κ2) is 5.45. The molecule has 3 heterocycles. The molecule has 3 atom stereocenters. The van der Waals surface area contributed by atoms with Gasteiger partial charge in [-0.25, -0.2) is 15.0 Å². The van der Waals surface area contributed by atoms with E-state index in [1.807, 2.05) is 6.07 Å². The van der Waals surface area contributed by atoms with Crippen LogP contribution in [0, 0.1) is 11.3 Å². The summed E-state index contributed by atoms with van der Waals surface area (Å²) < 4.78 is 12.1. The maximum Gasteiger partial charge on any atom is 0.302 e. The number of imidazole rings is 1. The van der Waals surface area contributed by atoms with Crippen LogP contribution >= 0.6 is 0 Å². The van der Waals surface area contributed by atoms with Crippen LogP contribution in [0.5, 0.6) is 0 Å². The van der Waals surface area contributed by atoms with Gasteiger partial charge in [-0.15, -0.1) is 0 Å². The zero-order valence-corrected chi connectivity index (χ0v) is 12.2. The van der Waals surface area contributed by atoms with Crippen molar-refractivity contribution in [3.05, 3.63) is 12.7 Å². The smallest absolute Gasteiger partial charge is 0.302 e. The minimum absolute atomic E-state index is 0.115. The normalized spacial score (nSPS) is 27.0. The Morgan fingerprint density at radius 2 is 2.43 bits per heavy atom. The summed E-state index contributed by atoms with van der Waals surface area (Å²) in [4.78, 5) is 23.0. The number of rotatable bonds is 3. The molecule has 10 heteroatoms. The highest BCUT2D eigenvalue weighted by atomic mass is 16.6. The van der Waals surface area contributed by atoms with E-state index in [4.69, 9.17) is 15.2 Å². The van der Waals surface area contributed by atoms with Crippen LogP contribution in [-0.4, -0.2) is 48.9 Å². The number of ether oxygens (including phenoxy) is 2. The van der Waals surface area contributed by atoms with E-state index in [0.717, 1.165) is 0 Å². The highest BCUT2D eigenvalue weighted by Crippen LogP contribution is 2.38. The Kier molecular flexibility index (Phi) is 3.59. The van der Waals surface area contributed by atoms with Gasteiger partial charge in [0.05, 0.1) is 6.33 Å². The molecular formula is C13H14N6O4. The molecule has 23 heavy (non-hydrogen) atoms. The number of aromatic nitrogens is 4. The molecule has 0 radical (unpaired) electrons. The monoisotopic (exact) mass is 318 g/mol. The SMILES string of the molecule is CC(=O)OC[C@@]1(C#N)O[C@@H](n2cnc3c(N)ncnc32)C[C@@H]1O. The minimum atomic E-state index is -1.63. The van der Waals surface area contributed by atoms with Gasteiger partial charge in [-0.3, -0.25) is 9.36 Å². The van der Waals surface area contributed by atoms with Crippen LogP contribution in [-0.2, 0) is 14.3 Å². The number of hydrogen-bond donors (Lipinski definition) is 2. The lowest BCUT2D eigenvalue weighted by molar-refractivity contribution is -0.154. The van der Waals surface area contributed by atoms with E-state index >= 15 is 0 Å². The summed E-state index contributed by atoms with van der Waals surface area (Å²) in [7, 11) is 0. The first-order valence-corrected chi connectivity index (χ1v) is 6.80. The zero-order valence-electron chi connectivity index (χ0n) is 12.2. The molecule has 1 fully saturated rings. The van der Waals surface area contributed by atoms with Crippen LogP contribution in [0.4, 0.5) is 5.82 Å². The molecule has 2 aromatic rings. The lowest BCUT2D eigenvalue weighted by atomic mass is 10.00. The van der Waals surface area contributed by atoms with E-state index in [9.17, 15) is 15.2 Å². The number of aliphatic hydroxyl groups excluding tert-OH is 1. The largest absolute Gasteiger partial charge is 0.462 e. The average Bonchev–Trinajstić information content (AvgIpc) is 3.08. The van der Waals surface area contributed by atoms with Crippen LogP contribution < -0.4 is 5.73 Å². The van der Waals surface area contributed by atoms with Crippen molar-refractivity contribution in [2.45, 2.75) is 31.3 Å². The molecule has 0 aromatic carbocycles. The van der Waals surface area contributed by atoms with Gasteiger partial charge in [-0.2, -0.15) is 5.26 Å². The molecule has 1 aliphatic heterocycles. The third kappa shape index (κ3) is 2.45. The standard InChI is InChI=1S/C13H14N6O4/c1-7(20)22-4-13(3-14)8(21)2-9(23-13)19-6-18-10-11(15)16-5-17-12(10)19/h5-6,8-9,21H,2,4H2,1H3,(H2,15,16,17)/t8-,9+,13+/m0/s1. The number of aliphatic hydroxyl groups is 1. The molecule has 0 spiro atoms. The Balaban J connectivity index is 1.92. The van der Waals surface area contributed by atoms with Crippen LogP contribution in [0.1, 0.15) is 19.6 Å². The Hall–Kier alpha value is -2.77. The zero-order chi connectivity index (χ0) is 16.6. The number of carbonyl (C=O) groups excluding carboxylic acids is 1. The molecule has 120 valence electrons. The van der Waals surface area contributed by atoms with Gasteiger partial charge in [0, 0.05) is 13.3 Å². The molecule has 2 aromatic heterocycles. The summed E-state index contributed by atoms with van der Waals surface area (Å²) in [5, 5.41) is 19.6. The fourth-order valence-corrected chi connectivity index (χ4v) is 2.47. The van der Waals surface area contributed by atoms with Crippen molar-refractivity contribution in [3.63, 3.8) is 0 Å². The van der Waals surface area contributed by atoms with E-state index in [2.05, 4.69) is 15.0 Å². The lowest BCUT2D eigenvalue weighted by Gasteiger charge is -2.23. The van der Waals surface area contributed by atoms with Crippen molar-refractivity contribution >= 4 is 23.0 Å². The number of anilines is 1. The first kappa shape index (κ1) is 15.1. The number of carbonyl (C=O) groups is 1. The van der Waals surface area contributed by atoms with Gasteiger partial charge in [0.2, 0.25) is 5.60 Å². The topological polar surface area (TPSA) is 149 Å². The fraction of sp³-hybridized carbons (Fsp3) is 0.462. The summed E-state index contributed by atoms with van der Waals surface area (Å²) in [6, 6.07) is 1.89. The van der Waals surface area contributed by atoms with E-state index in [-0.39, 0.29) is 18.8 Å².